The number of carbonyl (C=O) groups is 2. The maximum absolute atomic E-state index is 14.4. The highest BCUT2D eigenvalue weighted by Gasteiger charge is 2.15. The molecule has 188 valence electrons. The van der Waals surface area contributed by atoms with Gasteiger partial charge in [-0.3, -0.25) is 9.36 Å². The van der Waals surface area contributed by atoms with Crippen LogP contribution in [0.25, 0.3) is 5.82 Å². The zero-order valence-electron chi connectivity index (χ0n) is 19.2. The van der Waals surface area contributed by atoms with Crippen molar-refractivity contribution in [3.05, 3.63) is 89.7 Å². The number of hydrogen-bond donors (Lipinski definition) is 5. The molecule has 0 saturated carbocycles. The molecule has 1 aromatic heterocycles. The van der Waals surface area contributed by atoms with Gasteiger partial charge in [-0.15, -0.1) is 11.8 Å². The fraction of sp³-hybridized carbons (Fsp3) is 0.125. The predicted octanol–water partition coefficient (Wildman–Crippen LogP) is 3.47. The maximum Gasteiger partial charge on any atom is 0.337 e. The molecular weight excluding hydrogens is 490 g/mol. The highest BCUT2D eigenvalue weighted by atomic mass is 32.2. The summed E-state index contributed by atoms with van der Waals surface area (Å²) in [5, 5.41) is 14.5. The van der Waals surface area contributed by atoms with Crippen molar-refractivity contribution in [1.29, 1.82) is 0 Å². The molecule has 0 bridgehead atoms. The van der Waals surface area contributed by atoms with E-state index < -0.39 is 23.5 Å². The van der Waals surface area contributed by atoms with Crippen molar-refractivity contribution in [2.75, 3.05) is 23.4 Å². The molecule has 0 aliphatic carbocycles. The Bertz CT molecular complexity index is 1330. The first kappa shape index (κ1) is 26.3. The van der Waals surface area contributed by atoms with Gasteiger partial charge in [0, 0.05) is 41.5 Å². The summed E-state index contributed by atoms with van der Waals surface area (Å²) in [6.45, 7) is 0. The van der Waals surface area contributed by atoms with Gasteiger partial charge < -0.3 is 27.2 Å². The average molecular weight is 515 g/mol. The van der Waals surface area contributed by atoms with Gasteiger partial charge in [0.2, 0.25) is 0 Å². The smallest absolute Gasteiger partial charge is 0.337 e. The number of aromatic carboxylic acids is 1. The number of imidazole rings is 1. The molecule has 2 aromatic carbocycles. The Labute approximate surface area is 209 Å². The number of amides is 1. The Morgan fingerprint density at radius 1 is 1.17 bits per heavy atom. The van der Waals surface area contributed by atoms with Crippen molar-refractivity contribution in [2.45, 2.75) is 11.3 Å². The second-order valence-corrected chi connectivity index (χ2v) is 8.56. The standard InChI is InChI=1S/C24H24F2N6O3S/c1-29-20-10-14(18(26)12-16(20)24(34)35)6-9-36-21-11-15(2-3-17(21)25)31-23(33)19(27)4-5-22(28)32-8-7-30-13-32/h2-5,7-8,10-13,29H,6,9,27-28H2,1H3,(H,31,33)(H,34,35)/b19-4-,22-5+. The molecule has 0 unspecified atom stereocenters. The maximum atomic E-state index is 14.4. The zero-order chi connectivity index (χ0) is 26.2. The number of halogens is 2. The summed E-state index contributed by atoms with van der Waals surface area (Å²) in [5.41, 5.74) is 12.3. The quantitative estimate of drug-likeness (QED) is 0.157. The van der Waals surface area contributed by atoms with Crippen LogP contribution in [0, 0.1) is 11.6 Å². The first-order valence-electron chi connectivity index (χ1n) is 10.6. The molecule has 0 aliphatic heterocycles. The minimum absolute atomic E-state index is 0.114. The SMILES string of the molecule is CNc1cc(CCSc2cc(NC(=O)/C(N)=C/C=C(\N)n3ccnc3)ccc2F)c(F)cc1C(=O)O. The summed E-state index contributed by atoms with van der Waals surface area (Å²) in [6.07, 6.45) is 7.69. The number of thioether (sulfide) groups is 1. The van der Waals surface area contributed by atoms with Crippen molar-refractivity contribution in [3.63, 3.8) is 0 Å². The van der Waals surface area contributed by atoms with Crippen molar-refractivity contribution >= 4 is 40.8 Å². The Hall–Kier alpha value is -4.32. The van der Waals surface area contributed by atoms with Gasteiger partial charge in [-0.2, -0.15) is 0 Å². The molecule has 3 aromatic rings. The van der Waals surface area contributed by atoms with Gasteiger partial charge in [0.15, 0.2) is 0 Å². The highest BCUT2D eigenvalue weighted by molar-refractivity contribution is 7.99. The Balaban J connectivity index is 1.64. The number of carbonyl (C=O) groups excluding carboxylic acids is 1. The van der Waals surface area contributed by atoms with Gasteiger partial charge in [-0.05, 0) is 54.5 Å². The van der Waals surface area contributed by atoms with E-state index in [0.29, 0.717) is 22.8 Å². The second-order valence-electron chi connectivity index (χ2n) is 7.43. The zero-order valence-corrected chi connectivity index (χ0v) is 20.0. The Morgan fingerprint density at radius 2 is 1.94 bits per heavy atom. The van der Waals surface area contributed by atoms with Crippen LogP contribution in [0.1, 0.15) is 15.9 Å². The fourth-order valence-electron chi connectivity index (χ4n) is 3.11. The monoisotopic (exact) mass is 514 g/mol. The normalized spacial score (nSPS) is 11.9. The van der Waals surface area contributed by atoms with Gasteiger partial charge in [0.25, 0.3) is 5.91 Å². The summed E-state index contributed by atoms with van der Waals surface area (Å²) in [6, 6.07) is 6.43. The predicted molar refractivity (Wildman–Crippen MR) is 135 cm³/mol. The lowest BCUT2D eigenvalue weighted by atomic mass is 10.1. The van der Waals surface area contributed by atoms with Gasteiger partial charge in [0.1, 0.15) is 23.8 Å². The number of anilines is 2. The van der Waals surface area contributed by atoms with E-state index in [2.05, 4.69) is 15.6 Å². The minimum Gasteiger partial charge on any atom is -0.478 e. The summed E-state index contributed by atoms with van der Waals surface area (Å²) >= 11 is 1.13. The van der Waals surface area contributed by atoms with Crippen molar-refractivity contribution in [3.8, 4) is 0 Å². The van der Waals surface area contributed by atoms with Crippen LogP contribution in [0.4, 0.5) is 20.2 Å². The van der Waals surface area contributed by atoms with Crippen molar-refractivity contribution in [2.24, 2.45) is 11.5 Å². The van der Waals surface area contributed by atoms with Crippen LogP contribution < -0.4 is 22.1 Å². The topological polar surface area (TPSA) is 148 Å². The lowest BCUT2D eigenvalue weighted by molar-refractivity contribution is -0.112. The second kappa shape index (κ2) is 11.9. The van der Waals surface area contributed by atoms with Crippen LogP contribution >= 0.6 is 11.8 Å². The molecular formula is C24H24F2N6O3S. The molecule has 3 rings (SSSR count). The first-order chi connectivity index (χ1) is 17.2. The summed E-state index contributed by atoms with van der Waals surface area (Å²) in [7, 11) is 1.54. The third-order valence-corrected chi connectivity index (χ3v) is 6.03. The fourth-order valence-corrected chi connectivity index (χ4v) is 4.07. The van der Waals surface area contributed by atoms with E-state index >= 15 is 0 Å². The van der Waals surface area contributed by atoms with E-state index in [1.807, 2.05) is 0 Å². The molecule has 0 aliphatic rings. The van der Waals surface area contributed by atoms with Crippen LogP contribution in [-0.4, -0.2) is 39.3 Å². The number of aromatic nitrogens is 2. The van der Waals surface area contributed by atoms with Crippen LogP contribution in [0.5, 0.6) is 0 Å². The molecule has 0 atom stereocenters. The number of nitrogens with two attached hydrogens (primary N) is 2. The van der Waals surface area contributed by atoms with E-state index in [0.717, 1.165) is 17.8 Å². The summed E-state index contributed by atoms with van der Waals surface area (Å²) in [5.74, 6) is -2.39. The Morgan fingerprint density at radius 3 is 2.61 bits per heavy atom. The number of carboxylic acid groups (broad SMARTS) is 1. The molecule has 0 radical (unpaired) electrons. The lowest BCUT2D eigenvalue weighted by Gasteiger charge is -2.11. The number of allylic oxidation sites excluding steroid dienone is 2. The third-order valence-electron chi connectivity index (χ3n) is 5.00. The summed E-state index contributed by atoms with van der Waals surface area (Å²) in [4.78, 5) is 27.8. The molecule has 1 amide bonds. The van der Waals surface area contributed by atoms with Gasteiger partial charge >= 0.3 is 5.97 Å². The van der Waals surface area contributed by atoms with Crippen LogP contribution in [-0.2, 0) is 11.2 Å². The molecule has 0 fully saturated rings. The number of benzene rings is 2. The molecule has 9 nitrogen and oxygen atoms in total. The average Bonchev–Trinajstić information content (AvgIpc) is 3.40. The number of carboxylic acids is 1. The van der Waals surface area contributed by atoms with Crippen LogP contribution in [0.15, 0.2) is 71.8 Å². The van der Waals surface area contributed by atoms with Crippen molar-refractivity contribution < 1.29 is 23.5 Å². The number of nitrogens with zero attached hydrogens (tertiary/aromatic N) is 2. The molecule has 36 heavy (non-hydrogen) atoms. The molecule has 0 spiro atoms. The largest absolute Gasteiger partial charge is 0.478 e. The van der Waals surface area contributed by atoms with Crippen LogP contribution in [0.3, 0.4) is 0 Å². The van der Waals surface area contributed by atoms with E-state index in [-0.39, 0.29) is 28.3 Å². The summed E-state index contributed by atoms with van der Waals surface area (Å²) < 4.78 is 30.2. The van der Waals surface area contributed by atoms with E-state index in [4.69, 9.17) is 11.5 Å². The minimum atomic E-state index is -1.24. The highest BCUT2D eigenvalue weighted by Crippen LogP contribution is 2.28. The number of aryl methyl sites for hydroxylation is 1. The third kappa shape index (κ3) is 6.63. The molecule has 0 saturated heterocycles. The van der Waals surface area contributed by atoms with Crippen molar-refractivity contribution in [1.82, 2.24) is 9.55 Å². The molecule has 1 heterocycles. The van der Waals surface area contributed by atoms with Gasteiger partial charge in [-0.25, -0.2) is 18.6 Å². The number of nitrogens with one attached hydrogen (secondary N) is 2. The lowest BCUT2D eigenvalue weighted by Crippen LogP contribution is -2.20. The first-order valence-corrected chi connectivity index (χ1v) is 11.6. The van der Waals surface area contributed by atoms with Crippen LogP contribution in [0.2, 0.25) is 0 Å². The van der Waals surface area contributed by atoms with Gasteiger partial charge in [-0.1, -0.05) is 0 Å². The molecule has 12 heteroatoms. The number of rotatable bonds is 10. The Kier molecular flexibility index (Phi) is 8.68. The van der Waals surface area contributed by atoms with Gasteiger partial charge in [0.05, 0.1) is 11.3 Å². The van der Waals surface area contributed by atoms with E-state index in [9.17, 15) is 23.5 Å². The van der Waals surface area contributed by atoms with E-state index in [1.54, 1.807) is 19.4 Å². The molecule has 7 N–H and O–H groups in total. The van der Waals surface area contributed by atoms with E-state index in [1.165, 1.54) is 47.3 Å². The number of hydrogen-bond acceptors (Lipinski definition) is 7.